The van der Waals surface area contributed by atoms with Crippen LogP contribution in [-0.2, 0) is 9.47 Å². The van der Waals surface area contributed by atoms with E-state index in [0.717, 1.165) is 44.9 Å². The molecule has 6 rings (SSSR count). The highest BCUT2D eigenvalue weighted by Crippen LogP contribution is 2.90. The topological polar surface area (TPSA) is 108 Å². The Morgan fingerprint density at radius 3 is 2.54 bits per heavy atom. The molecule has 7 heteroatoms. The summed E-state index contributed by atoms with van der Waals surface area (Å²) in [6, 6.07) is 0. The van der Waals surface area contributed by atoms with Crippen LogP contribution in [0.3, 0.4) is 0 Å². The van der Waals surface area contributed by atoms with E-state index in [2.05, 4.69) is 39.9 Å². The molecule has 5 saturated carbocycles. The first-order chi connectivity index (χ1) is 19.0. The van der Waals surface area contributed by atoms with Crippen molar-refractivity contribution < 1.29 is 29.6 Å². The molecule has 1 unspecified atom stereocenters. The highest BCUT2D eigenvalue weighted by molar-refractivity contribution is 5.67. The number of aliphatic hydroxyl groups is 3. The smallest absolute Gasteiger partial charge is 0.407 e. The summed E-state index contributed by atoms with van der Waals surface area (Å²) in [5.41, 5.74) is -1.60. The first-order valence-electron chi connectivity index (χ1n) is 16.3. The number of fused-ring (bicyclic) bond motifs is 4. The molecule has 5 aliphatic carbocycles. The molecule has 10 atom stereocenters. The molecule has 41 heavy (non-hydrogen) atoms. The number of ether oxygens (including phenoxy) is 2. The zero-order valence-electron chi connectivity index (χ0n) is 26.6. The third-order valence-corrected chi connectivity index (χ3v) is 13.7. The average Bonchev–Trinajstić information content (AvgIpc) is 3.52. The number of nitrogens with one attached hydrogen (secondary N) is 1. The van der Waals surface area contributed by atoms with Crippen molar-refractivity contribution >= 4 is 6.09 Å². The van der Waals surface area contributed by atoms with Crippen molar-refractivity contribution in [2.75, 3.05) is 6.54 Å². The predicted octanol–water partition coefficient (Wildman–Crippen LogP) is 5.72. The van der Waals surface area contributed by atoms with E-state index in [1.807, 2.05) is 6.92 Å². The molecule has 1 amide bonds. The van der Waals surface area contributed by atoms with Crippen molar-refractivity contribution in [3.05, 3.63) is 18.1 Å². The Kier molecular flexibility index (Phi) is 6.85. The molecule has 4 N–H and O–H groups in total. The van der Waals surface area contributed by atoms with Crippen molar-refractivity contribution in [3.8, 4) is 0 Å². The van der Waals surface area contributed by atoms with Gasteiger partial charge in [0.1, 0.15) is 24.4 Å². The number of alkyl carbamates (subject to hydrolysis) is 1. The number of hydrogen-bond acceptors (Lipinski definition) is 6. The molecule has 6 aliphatic rings. The lowest BCUT2D eigenvalue weighted by Crippen LogP contribution is -2.59. The molecular weight excluding hydrogens is 518 g/mol. The lowest BCUT2D eigenvalue weighted by Gasteiger charge is -2.63. The molecule has 3 radical (unpaired) electrons. The van der Waals surface area contributed by atoms with Gasteiger partial charge >= 0.3 is 6.09 Å². The van der Waals surface area contributed by atoms with Crippen LogP contribution in [0.15, 0.2) is 0 Å². The monoisotopic (exact) mass is 572 g/mol. The molecule has 6 fully saturated rings. The summed E-state index contributed by atoms with van der Waals surface area (Å²) in [7, 11) is 0. The van der Waals surface area contributed by atoms with E-state index in [9.17, 15) is 20.1 Å². The third kappa shape index (κ3) is 3.80. The number of amides is 1. The normalized spacial score (nSPS) is 48.2. The second-order valence-electron chi connectivity index (χ2n) is 16.4. The van der Waals surface area contributed by atoms with Crippen LogP contribution in [0.1, 0.15) is 113 Å². The zero-order valence-corrected chi connectivity index (χ0v) is 26.6. The first-order valence-corrected chi connectivity index (χ1v) is 16.3. The third-order valence-electron chi connectivity index (χ3n) is 13.7. The van der Waals surface area contributed by atoms with E-state index >= 15 is 0 Å². The van der Waals surface area contributed by atoms with Gasteiger partial charge in [-0.2, -0.15) is 0 Å². The van der Waals surface area contributed by atoms with Gasteiger partial charge in [-0.3, -0.25) is 0 Å². The fourth-order valence-corrected chi connectivity index (χ4v) is 11.6. The van der Waals surface area contributed by atoms with Crippen molar-refractivity contribution in [1.82, 2.24) is 5.32 Å². The Morgan fingerprint density at radius 2 is 1.88 bits per heavy atom. The molecule has 2 spiro atoms. The summed E-state index contributed by atoms with van der Waals surface area (Å²) < 4.78 is 12.5. The molecule has 0 bridgehead atoms. The molecular formula is C34H54NO6. The number of aliphatic hydroxyl groups excluding tert-OH is 2. The lowest BCUT2D eigenvalue weighted by molar-refractivity contribution is -0.126. The van der Waals surface area contributed by atoms with E-state index in [1.54, 1.807) is 19.8 Å². The highest BCUT2D eigenvalue weighted by Gasteiger charge is 2.85. The van der Waals surface area contributed by atoms with Crippen LogP contribution < -0.4 is 5.32 Å². The maximum atomic E-state index is 12.5. The van der Waals surface area contributed by atoms with Gasteiger partial charge in [-0.25, -0.2) is 4.79 Å². The van der Waals surface area contributed by atoms with Gasteiger partial charge in [0.15, 0.2) is 0 Å². The van der Waals surface area contributed by atoms with Crippen molar-refractivity contribution in [1.29, 1.82) is 0 Å². The van der Waals surface area contributed by atoms with Crippen LogP contribution in [0.5, 0.6) is 0 Å². The van der Waals surface area contributed by atoms with Crippen molar-refractivity contribution in [2.45, 2.75) is 137 Å². The lowest BCUT2D eigenvalue weighted by atomic mass is 9.41. The molecule has 0 aromatic heterocycles. The summed E-state index contributed by atoms with van der Waals surface area (Å²) in [5, 5.41) is 36.6. The molecule has 1 aliphatic heterocycles. The minimum atomic E-state index is -1.31. The van der Waals surface area contributed by atoms with Crippen LogP contribution in [0.25, 0.3) is 0 Å². The zero-order chi connectivity index (χ0) is 30.0. The largest absolute Gasteiger partial charge is 0.446 e. The summed E-state index contributed by atoms with van der Waals surface area (Å²) in [6.45, 7) is 17.4. The molecule has 1 saturated heterocycles. The van der Waals surface area contributed by atoms with Crippen LogP contribution in [0.4, 0.5) is 4.79 Å². The van der Waals surface area contributed by atoms with Crippen molar-refractivity contribution in [2.24, 2.45) is 44.8 Å². The number of hydrogen-bond donors (Lipinski definition) is 4. The molecule has 0 aromatic carbocycles. The van der Waals surface area contributed by atoms with Gasteiger partial charge in [0.2, 0.25) is 0 Å². The minimum Gasteiger partial charge on any atom is -0.446 e. The quantitative estimate of drug-likeness (QED) is 0.336. The van der Waals surface area contributed by atoms with Gasteiger partial charge in [0.25, 0.3) is 0 Å². The van der Waals surface area contributed by atoms with Gasteiger partial charge in [0, 0.05) is 23.3 Å². The molecule has 0 aromatic rings. The number of carbonyl (C=O) groups is 1. The SMILES string of the molecule is CCCNC(=O)OC1CC[C@]23C[C@]24CC[C@]2(C)[C@@H]5[C](O[C]([C@H](O)C(C)(C)O)C[C@H]5C)[C@H](O)[C@@]2(C)[C]4CC[C@H]3C1(C)C. The first kappa shape index (κ1) is 30.1. The van der Waals surface area contributed by atoms with Crippen LogP contribution >= 0.6 is 0 Å². The second-order valence-corrected chi connectivity index (χ2v) is 16.4. The summed E-state index contributed by atoms with van der Waals surface area (Å²) in [5.74, 6) is 2.35. The fraction of sp³-hybridized carbons (Fsp3) is 0.882. The van der Waals surface area contributed by atoms with Gasteiger partial charge in [-0.05, 0) is 106 Å². The van der Waals surface area contributed by atoms with E-state index in [1.165, 1.54) is 6.42 Å². The van der Waals surface area contributed by atoms with Crippen LogP contribution in [0, 0.1) is 63.0 Å². The van der Waals surface area contributed by atoms with Gasteiger partial charge < -0.3 is 30.1 Å². The van der Waals surface area contributed by atoms with Gasteiger partial charge in [-0.1, -0.05) is 41.5 Å². The van der Waals surface area contributed by atoms with E-state index in [4.69, 9.17) is 9.47 Å². The number of carbonyl (C=O) groups excluding carboxylic acids is 1. The average molecular weight is 573 g/mol. The standard InChI is InChI=1S/C34H54NO6/c1-9-16-35-28(38)41-23-12-13-33-18-34(33)15-14-31(7)24-19(2)17-20(26(36)30(5,6)39)40-25(24)27(37)32(31,8)22(34)11-10-21(33)29(23,3)4/h19,21,23-24,26-27,36-37,39H,9-18H2,1-8H3,(H,35,38)/t19-,21+,23?,24+,26+,27+,31-,32-,33-,34+/m1/s1. The Hall–Kier alpha value is -0.890. The molecule has 231 valence electrons. The van der Waals surface area contributed by atoms with Gasteiger partial charge in [-0.15, -0.1) is 0 Å². The summed E-state index contributed by atoms with van der Waals surface area (Å²) >= 11 is 0. The van der Waals surface area contributed by atoms with E-state index in [0.29, 0.717) is 31.1 Å². The maximum absolute atomic E-state index is 12.5. The Balaban J connectivity index is 1.27. The maximum Gasteiger partial charge on any atom is 0.407 e. The van der Waals surface area contributed by atoms with E-state index < -0.39 is 23.2 Å². The Labute approximate surface area is 247 Å². The Bertz CT molecular complexity index is 1060. The summed E-state index contributed by atoms with van der Waals surface area (Å²) in [6.07, 6.45) is 7.86. The van der Waals surface area contributed by atoms with Crippen molar-refractivity contribution in [3.63, 3.8) is 0 Å². The van der Waals surface area contributed by atoms with Crippen LogP contribution in [-0.4, -0.2) is 51.9 Å². The van der Waals surface area contributed by atoms with Crippen LogP contribution in [0.2, 0.25) is 0 Å². The molecule has 1 heterocycles. The van der Waals surface area contributed by atoms with Gasteiger partial charge in [0.05, 0.1) is 11.7 Å². The minimum absolute atomic E-state index is 0.0838. The summed E-state index contributed by atoms with van der Waals surface area (Å²) in [4.78, 5) is 12.5. The molecule has 7 nitrogen and oxygen atoms in total. The highest BCUT2D eigenvalue weighted by atomic mass is 16.6. The Morgan fingerprint density at radius 1 is 1.17 bits per heavy atom. The van der Waals surface area contributed by atoms with E-state index in [-0.39, 0.29) is 45.7 Å². The fourth-order valence-electron chi connectivity index (χ4n) is 11.6. The number of rotatable bonds is 5. The second kappa shape index (κ2) is 9.31. The predicted molar refractivity (Wildman–Crippen MR) is 156 cm³/mol.